The van der Waals surface area contributed by atoms with Gasteiger partial charge in [-0.3, -0.25) is 0 Å². The van der Waals surface area contributed by atoms with E-state index in [4.69, 9.17) is 16.3 Å². The van der Waals surface area contributed by atoms with Crippen molar-refractivity contribution >= 4 is 17.1 Å². The highest BCUT2D eigenvalue weighted by Crippen LogP contribution is 2.31. The van der Waals surface area contributed by atoms with Gasteiger partial charge in [-0.2, -0.15) is 0 Å². The van der Waals surface area contributed by atoms with Crippen molar-refractivity contribution in [2.45, 2.75) is 6.92 Å². The number of aryl methyl sites for hydroxylation is 1. The van der Waals surface area contributed by atoms with Crippen LogP contribution in [0.4, 0.5) is 0 Å². The van der Waals surface area contributed by atoms with E-state index in [1.165, 1.54) is 0 Å². The van der Waals surface area contributed by atoms with E-state index >= 15 is 0 Å². The third kappa shape index (κ3) is 2.04. The van der Waals surface area contributed by atoms with Crippen LogP contribution in [0.25, 0.3) is 16.6 Å². The van der Waals surface area contributed by atoms with Gasteiger partial charge in [0, 0.05) is 11.8 Å². The molecule has 96 valence electrons. The first-order valence-electron chi connectivity index (χ1n) is 5.82. The van der Waals surface area contributed by atoms with E-state index in [-0.39, 0.29) is 0 Å². The average molecular weight is 274 g/mol. The summed E-state index contributed by atoms with van der Waals surface area (Å²) < 4.78 is 7.35. The molecule has 0 aliphatic carbocycles. The molecule has 0 radical (unpaired) electrons. The van der Waals surface area contributed by atoms with Gasteiger partial charge in [0.15, 0.2) is 0 Å². The predicted molar refractivity (Wildman–Crippen MR) is 74.7 cm³/mol. The Morgan fingerprint density at radius 1 is 1.21 bits per heavy atom. The van der Waals surface area contributed by atoms with Crippen LogP contribution in [0.1, 0.15) is 5.82 Å². The molecule has 0 saturated carbocycles. The highest BCUT2D eigenvalue weighted by atomic mass is 35.5. The normalized spacial score (nSPS) is 10.9. The molecule has 0 aromatic carbocycles. The molecule has 0 N–H and O–H groups in total. The summed E-state index contributed by atoms with van der Waals surface area (Å²) in [6, 6.07) is 5.86. The summed E-state index contributed by atoms with van der Waals surface area (Å²) in [6.45, 7) is 1.97. The lowest BCUT2D eigenvalue weighted by atomic mass is 10.1. The summed E-state index contributed by atoms with van der Waals surface area (Å²) in [7, 11) is 1.62. The number of ether oxygens (including phenoxy) is 1. The Kier molecular flexibility index (Phi) is 2.87. The van der Waals surface area contributed by atoms with E-state index in [9.17, 15) is 0 Å². The number of rotatable bonds is 2. The molecular formula is C14H12ClN3O. The Labute approximate surface area is 115 Å². The molecule has 0 atom stereocenters. The largest absolute Gasteiger partial charge is 0.494 e. The summed E-state index contributed by atoms with van der Waals surface area (Å²) in [5.74, 6) is 1.66. The van der Waals surface area contributed by atoms with E-state index in [1.807, 2.05) is 35.9 Å². The number of aromatic nitrogens is 3. The number of halogens is 1. The summed E-state index contributed by atoms with van der Waals surface area (Å²) in [4.78, 5) is 8.31. The molecule has 19 heavy (non-hydrogen) atoms. The first-order valence-corrected chi connectivity index (χ1v) is 6.20. The van der Waals surface area contributed by atoms with Crippen molar-refractivity contribution in [2.24, 2.45) is 0 Å². The Morgan fingerprint density at radius 3 is 2.84 bits per heavy atom. The van der Waals surface area contributed by atoms with Gasteiger partial charge in [-0.1, -0.05) is 11.6 Å². The monoisotopic (exact) mass is 273 g/mol. The van der Waals surface area contributed by atoms with Crippen molar-refractivity contribution in [1.29, 1.82) is 0 Å². The maximum absolute atomic E-state index is 5.96. The number of pyridine rings is 2. The lowest BCUT2D eigenvalue weighted by Crippen LogP contribution is -1.92. The molecule has 0 fully saturated rings. The van der Waals surface area contributed by atoms with Crippen molar-refractivity contribution in [1.82, 2.24) is 14.4 Å². The van der Waals surface area contributed by atoms with Crippen molar-refractivity contribution in [3.63, 3.8) is 0 Å². The number of nitrogens with zero attached hydrogens (tertiary/aromatic N) is 3. The van der Waals surface area contributed by atoms with E-state index < -0.39 is 0 Å². The smallest absolute Gasteiger partial charge is 0.145 e. The molecule has 5 heteroatoms. The molecule has 0 aliphatic heterocycles. The van der Waals surface area contributed by atoms with E-state index in [2.05, 4.69) is 9.97 Å². The van der Waals surface area contributed by atoms with Gasteiger partial charge in [0.1, 0.15) is 16.7 Å². The third-order valence-corrected chi connectivity index (χ3v) is 3.29. The van der Waals surface area contributed by atoms with Gasteiger partial charge in [-0.25, -0.2) is 9.97 Å². The van der Waals surface area contributed by atoms with Gasteiger partial charge < -0.3 is 9.14 Å². The topological polar surface area (TPSA) is 39.4 Å². The van der Waals surface area contributed by atoms with E-state index in [0.29, 0.717) is 10.9 Å². The van der Waals surface area contributed by atoms with Crippen molar-refractivity contribution in [2.75, 3.05) is 7.11 Å². The quantitative estimate of drug-likeness (QED) is 0.672. The fourth-order valence-corrected chi connectivity index (χ4v) is 2.26. The van der Waals surface area contributed by atoms with Gasteiger partial charge in [-0.05, 0) is 30.7 Å². The minimum Gasteiger partial charge on any atom is -0.494 e. The van der Waals surface area contributed by atoms with E-state index in [1.54, 1.807) is 19.4 Å². The maximum Gasteiger partial charge on any atom is 0.145 e. The van der Waals surface area contributed by atoms with Crippen LogP contribution in [-0.4, -0.2) is 21.5 Å². The fourth-order valence-electron chi connectivity index (χ4n) is 2.11. The van der Waals surface area contributed by atoms with Crippen LogP contribution in [0.15, 0.2) is 36.8 Å². The SMILES string of the molecule is COc1cnc(Cl)cc1-c1ccn2c(C)ncc2c1. The molecule has 3 rings (SSSR count). The van der Waals surface area contributed by atoms with Gasteiger partial charge in [0.05, 0.1) is 25.0 Å². The van der Waals surface area contributed by atoms with Crippen molar-refractivity contribution < 1.29 is 4.74 Å². The Balaban J connectivity index is 2.21. The summed E-state index contributed by atoms with van der Waals surface area (Å²) in [6.07, 6.45) is 5.46. The molecule has 0 unspecified atom stereocenters. The summed E-state index contributed by atoms with van der Waals surface area (Å²) in [5.41, 5.74) is 2.97. The Morgan fingerprint density at radius 2 is 2.05 bits per heavy atom. The second-order valence-corrected chi connectivity index (χ2v) is 4.61. The molecule has 4 nitrogen and oxygen atoms in total. The standard InChI is InChI=1S/C14H12ClN3O/c1-9-16-7-11-5-10(3-4-18(9)11)12-6-14(15)17-8-13(12)19-2/h3-8H,1-2H3. The van der Waals surface area contributed by atoms with Gasteiger partial charge in [0.25, 0.3) is 0 Å². The van der Waals surface area contributed by atoms with Crippen LogP contribution in [0.3, 0.4) is 0 Å². The first kappa shape index (κ1) is 12.0. The fraction of sp³-hybridized carbons (Fsp3) is 0.143. The first-order chi connectivity index (χ1) is 9.19. The molecular weight excluding hydrogens is 262 g/mol. The molecule has 0 aliphatic rings. The summed E-state index contributed by atoms with van der Waals surface area (Å²) in [5, 5.41) is 0.445. The predicted octanol–water partition coefficient (Wildman–Crippen LogP) is 3.37. The van der Waals surface area contributed by atoms with Crippen molar-refractivity contribution in [3.05, 3.63) is 47.8 Å². The molecule has 3 aromatic heterocycles. The maximum atomic E-state index is 5.96. The Hall–Kier alpha value is -2.07. The lowest BCUT2D eigenvalue weighted by Gasteiger charge is -2.09. The number of hydrogen-bond donors (Lipinski definition) is 0. The van der Waals surface area contributed by atoms with Crippen LogP contribution >= 0.6 is 11.6 Å². The van der Waals surface area contributed by atoms with E-state index in [0.717, 1.165) is 22.5 Å². The highest BCUT2D eigenvalue weighted by Gasteiger charge is 2.09. The van der Waals surface area contributed by atoms with Gasteiger partial charge >= 0.3 is 0 Å². The Bertz CT molecular complexity index is 752. The molecule has 3 aromatic rings. The van der Waals surface area contributed by atoms with Crippen LogP contribution in [-0.2, 0) is 0 Å². The molecule has 3 heterocycles. The van der Waals surface area contributed by atoms with Crippen LogP contribution in [0.5, 0.6) is 5.75 Å². The zero-order valence-corrected chi connectivity index (χ0v) is 11.3. The second-order valence-electron chi connectivity index (χ2n) is 4.22. The zero-order valence-electron chi connectivity index (χ0n) is 10.6. The van der Waals surface area contributed by atoms with Crippen molar-refractivity contribution in [3.8, 4) is 16.9 Å². The minimum absolute atomic E-state index is 0.445. The number of imidazole rings is 1. The van der Waals surface area contributed by atoms with Crippen LogP contribution in [0, 0.1) is 6.92 Å². The molecule has 0 bridgehead atoms. The number of fused-ring (bicyclic) bond motifs is 1. The lowest BCUT2D eigenvalue weighted by molar-refractivity contribution is 0.414. The van der Waals surface area contributed by atoms with Gasteiger partial charge in [0.2, 0.25) is 0 Å². The molecule has 0 spiro atoms. The van der Waals surface area contributed by atoms with Crippen LogP contribution in [0.2, 0.25) is 5.15 Å². The molecule has 0 saturated heterocycles. The highest BCUT2D eigenvalue weighted by molar-refractivity contribution is 6.29. The zero-order chi connectivity index (χ0) is 13.4. The third-order valence-electron chi connectivity index (χ3n) is 3.08. The van der Waals surface area contributed by atoms with Crippen LogP contribution < -0.4 is 4.74 Å². The average Bonchev–Trinajstić information content (AvgIpc) is 2.80. The second kappa shape index (κ2) is 4.55. The minimum atomic E-state index is 0.445. The number of hydrogen-bond acceptors (Lipinski definition) is 3. The summed E-state index contributed by atoms with van der Waals surface area (Å²) >= 11 is 5.96. The number of methoxy groups -OCH3 is 1. The molecule has 0 amide bonds. The van der Waals surface area contributed by atoms with Gasteiger partial charge in [-0.15, -0.1) is 0 Å².